The molecule has 1 unspecified atom stereocenters. The van der Waals surface area contributed by atoms with Crippen LogP contribution < -0.4 is 10.6 Å². The van der Waals surface area contributed by atoms with Crippen LogP contribution in [0.1, 0.15) is 29.8 Å². The molecule has 1 aromatic carbocycles. The first-order chi connectivity index (χ1) is 13.0. The van der Waals surface area contributed by atoms with Crippen LogP contribution in [0.4, 0.5) is 10.5 Å². The number of pyridine rings is 1. The van der Waals surface area contributed by atoms with Gasteiger partial charge in [0.25, 0.3) is 0 Å². The summed E-state index contributed by atoms with van der Waals surface area (Å²) >= 11 is 0. The van der Waals surface area contributed by atoms with Gasteiger partial charge in [-0.15, -0.1) is 0 Å². The summed E-state index contributed by atoms with van der Waals surface area (Å²) in [6.45, 7) is 5.49. The van der Waals surface area contributed by atoms with Gasteiger partial charge in [-0.1, -0.05) is 18.2 Å². The molecule has 6 heteroatoms. The molecule has 2 aromatic rings. The number of hydrogen-bond donors (Lipinski definition) is 2. The maximum atomic E-state index is 12.6. The van der Waals surface area contributed by atoms with Gasteiger partial charge in [0.2, 0.25) is 5.91 Å². The first-order valence-corrected chi connectivity index (χ1v) is 9.34. The first kappa shape index (κ1) is 18.9. The standard InChI is InChI=1S/C21H26N4O2/c1-15-11-17(12-16(2)23-15)13-22-20(26)18-7-6-10-25(14-18)21(27)24-19-8-4-3-5-9-19/h3-5,8-9,11-12,18H,6-7,10,13-14H2,1-2H3,(H,22,26)(H,24,27). The van der Waals surface area contributed by atoms with Crippen LogP contribution in [0.15, 0.2) is 42.5 Å². The van der Waals surface area contributed by atoms with E-state index in [4.69, 9.17) is 0 Å². The van der Waals surface area contributed by atoms with Crippen LogP contribution in [0.2, 0.25) is 0 Å². The Morgan fingerprint density at radius 3 is 2.56 bits per heavy atom. The van der Waals surface area contributed by atoms with E-state index in [0.717, 1.165) is 35.5 Å². The Kier molecular flexibility index (Phi) is 6.06. The van der Waals surface area contributed by atoms with Crippen molar-refractivity contribution in [3.63, 3.8) is 0 Å². The van der Waals surface area contributed by atoms with E-state index < -0.39 is 0 Å². The normalized spacial score (nSPS) is 16.7. The highest BCUT2D eigenvalue weighted by molar-refractivity contribution is 5.90. The summed E-state index contributed by atoms with van der Waals surface area (Å²) in [6, 6.07) is 13.2. The zero-order chi connectivity index (χ0) is 19.2. The molecule has 0 spiro atoms. The number of carbonyl (C=O) groups is 2. The summed E-state index contributed by atoms with van der Waals surface area (Å²) in [6.07, 6.45) is 1.63. The molecule has 0 bridgehead atoms. The Bertz CT molecular complexity index is 787. The van der Waals surface area contributed by atoms with Gasteiger partial charge in [-0.2, -0.15) is 0 Å². The van der Waals surface area contributed by atoms with E-state index in [-0.39, 0.29) is 17.9 Å². The van der Waals surface area contributed by atoms with E-state index >= 15 is 0 Å². The average Bonchev–Trinajstić information content (AvgIpc) is 2.66. The SMILES string of the molecule is Cc1cc(CNC(=O)C2CCCN(C(=O)Nc3ccccc3)C2)cc(C)n1. The largest absolute Gasteiger partial charge is 0.352 e. The van der Waals surface area contributed by atoms with Gasteiger partial charge in [0.15, 0.2) is 0 Å². The highest BCUT2D eigenvalue weighted by atomic mass is 16.2. The van der Waals surface area contributed by atoms with Gasteiger partial charge in [-0.05, 0) is 56.5 Å². The summed E-state index contributed by atoms with van der Waals surface area (Å²) < 4.78 is 0. The van der Waals surface area contributed by atoms with Crippen LogP contribution in [0.5, 0.6) is 0 Å². The van der Waals surface area contributed by atoms with E-state index in [1.165, 1.54) is 0 Å². The predicted octanol–water partition coefficient (Wildman–Crippen LogP) is 3.26. The molecule has 0 radical (unpaired) electrons. The highest BCUT2D eigenvalue weighted by Gasteiger charge is 2.28. The van der Waals surface area contributed by atoms with Crippen LogP contribution in [0, 0.1) is 19.8 Å². The lowest BCUT2D eigenvalue weighted by molar-refractivity contribution is -0.126. The number of anilines is 1. The van der Waals surface area contributed by atoms with Gasteiger partial charge < -0.3 is 15.5 Å². The van der Waals surface area contributed by atoms with Crippen LogP contribution in [-0.2, 0) is 11.3 Å². The molecule has 0 aliphatic carbocycles. The Hall–Kier alpha value is -2.89. The van der Waals surface area contributed by atoms with Crippen molar-refractivity contribution in [2.45, 2.75) is 33.2 Å². The quantitative estimate of drug-likeness (QED) is 0.872. The third kappa shape index (κ3) is 5.29. The summed E-state index contributed by atoms with van der Waals surface area (Å²) in [7, 11) is 0. The molecular weight excluding hydrogens is 340 g/mol. The molecule has 2 heterocycles. The zero-order valence-electron chi connectivity index (χ0n) is 15.9. The molecule has 27 heavy (non-hydrogen) atoms. The fourth-order valence-electron chi connectivity index (χ4n) is 3.46. The second-order valence-corrected chi connectivity index (χ2v) is 7.06. The van der Waals surface area contributed by atoms with Crippen molar-refractivity contribution in [2.24, 2.45) is 5.92 Å². The number of aryl methyl sites for hydroxylation is 2. The number of nitrogens with zero attached hydrogens (tertiary/aromatic N) is 2. The van der Waals surface area contributed by atoms with Crippen LogP contribution in [0.25, 0.3) is 0 Å². The van der Waals surface area contributed by atoms with Crippen LogP contribution in [0.3, 0.4) is 0 Å². The summed E-state index contributed by atoms with van der Waals surface area (Å²) in [5.74, 6) is -0.177. The smallest absolute Gasteiger partial charge is 0.321 e. The number of urea groups is 1. The van der Waals surface area contributed by atoms with E-state index in [0.29, 0.717) is 19.6 Å². The lowest BCUT2D eigenvalue weighted by atomic mass is 9.97. The van der Waals surface area contributed by atoms with E-state index in [2.05, 4.69) is 15.6 Å². The first-order valence-electron chi connectivity index (χ1n) is 9.34. The molecule has 1 atom stereocenters. The number of likely N-dealkylation sites (tertiary alicyclic amines) is 1. The fraction of sp³-hybridized carbons (Fsp3) is 0.381. The molecule has 1 fully saturated rings. The van der Waals surface area contributed by atoms with Crippen molar-refractivity contribution >= 4 is 17.6 Å². The topological polar surface area (TPSA) is 74.3 Å². The van der Waals surface area contributed by atoms with E-state index in [1.54, 1.807) is 4.90 Å². The Morgan fingerprint density at radius 2 is 1.85 bits per heavy atom. The second kappa shape index (κ2) is 8.66. The molecule has 1 aliphatic rings. The highest BCUT2D eigenvalue weighted by Crippen LogP contribution is 2.18. The van der Waals surface area contributed by atoms with Gasteiger partial charge >= 0.3 is 6.03 Å². The van der Waals surface area contributed by atoms with Crippen molar-refractivity contribution in [2.75, 3.05) is 18.4 Å². The van der Waals surface area contributed by atoms with Crippen LogP contribution in [-0.4, -0.2) is 34.9 Å². The van der Waals surface area contributed by atoms with Gasteiger partial charge in [0.05, 0.1) is 5.92 Å². The minimum Gasteiger partial charge on any atom is -0.352 e. The van der Waals surface area contributed by atoms with Crippen molar-refractivity contribution in [1.29, 1.82) is 0 Å². The monoisotopic (exact) mass is 366 g/mol. The summed E-state index contributed by atoms with van der Waals surface area (Å²) in [4.78, 5) is 31.1. The number of rotatable bonds is 4. The molecule has 1 saturated heterocycles. The number of para-hydroxylation sites is 1. The molecule has 1 aliphatic heterocycles. The van der Waals surface area contributed by atoms with Crippen molar-refractivity contribution in [3.05, 3.63) is 59.4 Å². The van der Waals surface area contributed by atoms with Crippen molar-refractivity contribution in [3.8, 4) is 0 Å². The molecule has 1 aromatic heterocycles. The number of nitrogens with one attached hydrogen (secondary N) is 2. The van der Waals surface area contributed by atoms with Gasteiger partial charge in [-0.3, -0.25) is 9.78 Å². The maximum Gasteiger partial charge on any atom is 0.321 e. The molecule has 3 rings (SSSR count). The lowest BCUT2D eigenvalue weighted by Crippen LogP contribution is -2.46. The Balaban J connectivity index is 1.53. The fourth-order valence-corrected chi connectivity index (χ4v) is 3.46. The van der Waals surface area contributed by atoms with Gasteiger partial charge in [-0.25, -0.2) is 4.79 Å². The number of amides is 3. The summed E-state index contributed by atoms with van der Waals surface area (Å²) in [5, 5.41) is 5.90. The van der Waals surface area contributed by atoms with Crippen molar-refractivity contribution < 1.29 is 9.59 Å². The molecule has 0 saturated carbocycles. The number of benzene rings is 1. The van der Waals surface area contributed by atoms with Crippen molar-refractivity contribution in [1.82, 2.24) is 15.2 Å². The molecule has 3 amide bonds. The number of piperidine rings is 1. The zero-order valence-corrected chi connectivity index (χ0v) is 15.9. The lowest BCUT2D eigenvalue weighted by Gasteiger charge is -2.32. The predicted molar refractivity (Wildman–Crippen MR) is 105 cm³/mol. The number of aromatic nitrogens is 1. The van der Waals surface area contributed by atoms with E-state index in [1.807, 2.05) is 56.3 Å². The molecular formula is C21H26N4O2. The Morgan fingerprint density at radius 1 is 1.15 bits per heavy atom. The average molecular weight is 366 g/mol. The van der Waals surface area contributed by atoms with Gasteiger partial charge in [0.1, 0.15) is 0 Å². The second-order valence-electron chi connectivity index (χ2n) is 7.06. The van der Waals surface area contributed by atoms with E-state index in [9.17, 15) is 9.59 Å². The third-order valence-electron chi connectivity index (χ3n) is 4.71. The molecule has 142 valence electrons. The molecule has 2 N–H and O–H groups in total. The molecule has 6 nitrogen and oxygen atoms in total. The number of hydrogen-bond acceptors (Lipinski definition) is 3. The minimum absolute atomic E-state index is 0.000621. The summed E-state index contributed by atoms with van der Waals surface area (Å²) in [5.41, 5.74) is 3.70. The third-order valence-corrected chi connectivity index (χ3v) is 4.71. The number of carbonyl (C=O) groups excluding carboxylic acids is 2. The minimum atomic E-state index is -0.177. The maximum absolute atomic E-state index is 12.6. The van der Waals surface area contributed by atoms with Gasteiger partial charge in [0, 0.05) is 36.7 Å². The Labute approximate surface area is 160 Å². The van der Waals surface area contributed by atoms with Crippen LogP contribution >= 0.6 is 0 Å².